The van der Waals surface area contributed by atoms with E-state index in [1.165, 1.54) is 0 Å². The summed E-state index contributed by atoms with van der Waals surface area (Å²) < 4.78 is 3.60. The molecule has 0 fully saturated rings. The van der Waals surface area contributed by atoms with Crippen LogP contribution in [0.1, 0.15) is 11.3 Å². The molecule has 0 aliphatic rings. The number of nitrogens with zero attached hydrogens (tertiary/aromatic N) is 4. The first kappa shape index (κ1) is 13.7. The highest BCUT2D eigenvalue weighted by Crippen LogP contribution is 2.26. The average Bonchev–Trinajstić information content (AvgIpc) is 2.95. The van der Waals surface area contributed by atoms with Crippen LogP contribution in [0.25, 0.3) is 11.3 Å². The zero-order chi connectivity index (χ0) is 15.0. The molecule has 1 aromatic carbocycles. The van der Waals surface area contributed by atoms with Crippen molar-refractivity contribution in [1.29, 1.82) is 0 Å². The lowest BCUT2D eigenvalue weighted by Gasteiger charge is -2.01. The van der Waals surface area contributed by atoms with Gasteiger partial charge in [0.15, 0.2) is 0 Å². The van der Waals surface area contributed by atoms with Crippen molar-refractivity contribution in [2.45, 2.75) is 13.5 Å². The molecule has 2 N–H and O–H groups in total. The monoisotopic (exact) mass is 301 g/mol. The van der Waals surface area contributed by atoms with Crippen LogP contribution in [0.4, 0.5) is 5.69 Å². The number of halogens is 1. The van der Waals surface area contributed by atoms with Crippen LogP contribution in [0.15, 0.2) is 36.7 Å². The van der Waals surface area contributed by atoms with E-state index in [-0.39, 0.29) is 0 Å². The molecule has 0 atom stereocenters. The Hall–Kier alpha value is -2.27. The minimum absolute atomic E-state index is 0.653. The number of hydrogen-bond donors (Lipinski definition) is 1. The average molecular weight is 302 g/mol. The van der Waals surface area contributed by atoms with E-state index in [4.69, 9.17) is 17.3 Å². The minimum atomic E-state index is 0.653. The Labute approximate surface area is 127 Å². The quantitative estimate of drug-likeness (QED) is 0.809. The molecule has 5 nitrogen and oxygen atoms in total. The van der Waals surface area contributed by atoms with E-state index in [2.05, 4.69) is 10.2 Å². The fourth-order valence-electron chi connectivity index (χ4n) is 2.34. The summed E-state index contributed by atoms with van der Waals surface area (Å²) >= 11 is 5.89. The molecule has 2 aromatic heterocycles. The van der Waals surface area contributed by atoms with Crippen molar-refractivity contribution in [2.24, 2.45) is 7.05 Å². The van der Waals surface area contributed by atoms with Crippen LogP contribution in [0.2, 0.25) is 5.02 Å². The lowest BCUT2D eigenvalue weighted by Crippen LogP contribution is -2.00. The molecular weight excluding hydrogens is 286 g/mol. The predicted octanol–water partition coefficient (Wildman–Crippen LogP) is 2.88. The largest absolute Gasteiger partial charge is 0.396 e. The summed E-state index contributed by atoms with van der Waals surface area (Å²) in [6, 6.07) is 7.70. The minimum Gasteiger partial charge on any atom is -0.396 e. The van der Waals surface area contributed by atoms with Crippen molar-refractivity contribution in [3.63, 3.8) is 0 Å². The highest BCUT2D eigenvalue weighted by Gasteiger charge is 2.13. The number of rotatable bonds is 3. The van der Waals surface area contributed by atoms with Crippen LogP contribution in [0.5, 0.6) is 0 Å². The fraction of sp³-hybridized carbons (Fsp3) is 0.200. The number of aryl methyl sites for hydroxylation is 2. The number of nitrogens with two attached hydrogens (primary N) is 1. The van der Waals surface area contributed by atoms with E-state index in [0.717, 1.165) is 27.5 Å². The molecule has 2 heterocycles. The molecule has 3 aromatic rings. The molecule has 0 amide bonds. The van der Waals surface area contributed by atoms with Gasteiger partial charge in [0, 0.05) is 30.0 Å². The summed E-state index contributed by atoms with van der Waals surface area (Å²) in [7, 11) is 1.89. The fourth-order valence-corrected chi connectivity index (χ4v) is 2.46. The summed E-state index contributed by atoms with van der Waals surface area (Å²) in [4.78, 5) is 0. The van der Waals surface area contributed by atoms with Crippen LogP contribution in [-0.4, -0.2) is 19.6 Å². The molecule has 0 aliphatic heterocycles. The second-order valence-corrected chi connectivity index (χ2v) is 5.50. The Morgan fingerprint density at radius 1 is 1.14 bits per heavy atom. The Bertz CT molecular complexity index is 770. The van der Waals surface area contributed by atoms with E-state index in [9.17, 15) is 0 Å². The first-order valence-corrected chi connectivity index (χ1v) is 6.98. The van der Waals surface area contributed by atoms with Crippen LogP contribution in [0, 0.1) is 6.92 Å². The third-order valence-corrected chi connectivity index (χ3v) is 3.57. The molecule has 3 rings (SSSR count). The van der Waals surface area contributed by atoms with Crippen molar-refractivity contribution >= 4 is 17.3 Å². The van der Waals surface area contributed by atoms with Gasteiger partial charge in [0.05, 0.1) is 17.9 Å². The number of benzene rings is 1. The van der Waals surface area contributed by atoms with E-state index >= 15 is 0 Å². The summed E-state index contributed by atoms with van der Waals surface area (Å²) in [5.41, 5.74) is 10.5. The SMILES string of the molecule is Cc1nn(C)cc1-c1nn(Cc2ccc(Cl)cc2)cc1N. The predicted molar refractivity (Wildman–Crippen MR) is 84.1 cm³/mol. The van der Waals surface area contributed by atoms with Gasteiger partial charge in [0.1, 0.15) is 5.69 Å². The molecule has 0 saturated carbocycles. The van der Waals surface area contributed by atoms with Gasteiger partial charge in [-0.15, -0.1) is 0 Å². The van der Waals surface area contributed by atoms with Crippen molar-refractivity contribution in [2.75, 3.05) is 5.73 Å². The number of aromatic nitrogens is 4. The Balaban J connectivity index is 1.91. The molecule has 21 heavy (non-hydrogen) atoms. The smallest absolute Gasteiger partial charge is 0.119 e. The van der Waals surface area contributed by atoms with Crippen LogP contribution >= 0.6 is 11.6 Å². The van der Waals surface area contributed by atoms with Gasteiger partial charge in [0.25, 0.3) is 0 Å². The lowest BCUT2D eigenvalue weighted by atomic mass is 10.2. The van der Waals surface area contributed by atoms with Gasteiger partial charge in [0.2, 0.25) is 0 Å². The first-order valence-electron chi connectivity index (χ1n) is 6.61. The molecule has 0 bridgehead atoms. The van der Waals surface area contributed by atoms with E-state index in [0.29, 0.717) is 12.2 Å². The highest BCUT2D eigenvalue weighted by molar-refractivity contribution is 6.30. The molecule has 108 valence electrons. The van der Waals surface area contributed by atoms with Crippen molar-refractivity contribution in [3.8, 4) is 11.3 Å². The summed E-state index contributed by atoms with van der Waals surface area (Å²) in [5, 5.41) is 9.63. The van der Waals surface area contributed by atoms with Crippen LogP contribution in [-0.2, 0) is 13.6 Å². The number of nitrogen functional groups attached to an aromatic ring is 1. The maximum Gasteiger partial charge on any atom is 0.119 e. The van der Waals surface area contributed by atoms with Gasteiger partial charge >= 0.3 is 0 Å². The summed E-state index contributed by atoms with van der Waals surface area (Å²) in [6.07, 6.45) is 3.77. The van der Waals surface area contributed by atoms with E-state index in [1.54, 1.807) is 4.68 Å². The van der Waals surface area contributed by atoms with E-state index < -0.39 is 0 Å². The summed E-state index contributed by atoms with van der Waals surface area (Å²) in [5.74, 6) is 0. The second-order valence-electron chi connectivity index (χ2n) is 5.06. The maximum atomic E-state index is 6.09. The molecule has 0 unspecified atom stereocenters. The Kier molecular flexibility index (Phi) is 3.43. The first-order chi connectivity index (χ1) is 10.0. The molecular formula is C15H16ClN5. The normalized spacial score (nSPS) is 11.0. The van der Waals surface area contributed by atoms with Gasteiger partial charge in [-0.25, -0.2) is 0 Å². The maximum absolute atomic E-state index is 6.09. The van der Waals surface area contributed by atoms with Crippen molar-refractivity contribution < 1.29 is 0 Å². The standard InChI is InChI=1S/C15H16ClN5/c1-10-13(8-20(2)18-10)15-14(17)9-21(19-15)7-11-3-5-12(16)6-4-11/h3-6,8-9H,7,17H2,1-2H3. The van der Waals surface area contributed by atoms with E-state index in [1.807, 2.05) is 55.3 Å². The highest BCUT2D eigenvalue weighted by atomic mass is 35.5. The second kappa shape index (κ2) is 5.26. The zero-order valence-corrected chi connectivity index (χ0v) is 12.7. The van der Waals surface area contributed by atoms with Gasteiger partial charge in [-0.2, -0.15) is 10.2 Å². The van der Waals surface area contributed by atoms with Crippen LogP contribution in [0.3, 0.4) is 0 Å². The van der Waals surface area contributed by atoms with Crippen molar-refractivity contribution in [3.05, 3.63) is 52.9 Å². The zero-order valence-electron chi connectivity index (χ0n) is 11.9. The molecule has 0 radical (unpaired) electrons. The molecule has 0 spiro atoms. The van der Waals surface area contributed by atoms with Gasteiger partial charge in [-0.3, -0.25) is 9.36 Å². The third kappa shape index (κ3) is 2.78. The molecule has 6 heteroatoms. The van der Waals surface area contributed by atoms with Crippen LogP contribution < -0.4 is 5.73 Å². The topological polar surface area (TPSA) is 61.7 Å². The van der Waals surface area contributed by atoms with Gasteiger partial charge in [-0.05, 0) is 24.6 Å². The number of anilines is 1. The van der Waals surface area contributed by atoms with Crippen molar-refractivity contribution in [1.82, 2.24) is 19.6 Å². The van der Waals surface area contributed by atoms with Gasteiger partial charge in [-0.1, -0.05) is 23.7 Å². The molecule has 0 aliphatic carbocycles. The van der Waals surface area contributed by atoms with Gasteiger partial charge < -0.3 is 5.73 Å². The lowest BCUT2D eigenvalue weighted by molar-refractivity contribution is 0.689. The Morgan fingerprint density at radius 3 is 2.48 bits per heavy atom. The third-order valence-electron chi connectivity index (χ3n) is 3.32. The molecule has 0 saturated heterocycles. The summed E-state index contributed by atoms with van der Waals surface area (Å²) in [6.45, 7) is 2.60. The Morgan fingerprint density at radius 2 is 1.86 bits per heavy atom. The number of hydrogen-bond acceptors (Lipinski definition) is 3.